The van der Waals surface area contributed by atoms with Crippen molar-refractivity contribution in [2.24, 2.45) is 0 Å². The van der Waals surface area contributed by atoms with E-state index < -0.39 is 11.6 Å². The number of carboxylic acid groups (broad SMARTS) is 1. The van der Waals surface area contributed by atoms with Gasteiger partial charge in [-0.05, 0) is 13.0 Å². The summed E-state index contributed by atoms with van der Waals surface area (Å²) in [6.45, 7) is 3.36. The Kier molecular flexibility index (Phi) is 3.99. The number of piperazine rings is 1. The standard InChI is InChI=1S/C15H17ClN4O3/c1-15(7-17-3-4-20(15)14(21)22)10-5-9-11(6-12(10)23-2)18-8-19-13(9)16/h5-6,8,17H,3-4,7H2,1-2H3,(H,21,22)/t15-/m0/s1. The van der Waals surface area contributed by atoms with Gasteiger partial charge in [0.05, 0.1) is 18.2 Å². The molecule has 0 bridgehead atoms. The number of hydrogen-bond acceptors (Lipinski definition) is 5. The molecule has 7 nitrogen and oxygen atoms in total. The zero-order valence-electron chi connectivity index (χ0n) is 12.8. The third kappa shape index (κ3) is 2.55. The normalized spacial score (nSPS) is 21.4. The highest BCUT2D eigenvalue weighted by Crippen LogP contribution is 2.39. The Morgan fingerprint density at radius 2 is 2.26 bits per heavy atom. The maximum Gasteiger partial charge on any atom is 0.408 e. The summed E-state index contributed by atoms with van der Waals surface area (Å²) in [7, 11) is 1.55. The Hall–Kier alpha value is -2.12. The van der Waals surface area contributed by atoms with Crippen LogP contribution in [-0.2, 0) is 5.54 Å². The molecule has 2 aromatic rings. The summed E-state index contributed by atoms with van der Waals surface area (Å²) >= 11 is 6.17. The van der Waals surface area contributed by atoms with Gasteiger partial charge in [0.15, 0.2) is 0 Å². The van der Waals surface area contributed by atoms with Gasteiger partial charge >= 0.3 is 6.09 Å². The van der Waals surface area contributed by atoms with E-state index in [1.165, 1.54) is 11.2 Å². The molecule has 1 saturated heterocycles. The Balaban J connectivity index is 2.24. The van der Waals surface area contributed by atoms with E-state index in [2.05, 4.69) is 15.3 Å². The molecule has 1 aliphatic heterocycles. The van der Waals surface area contributed by atoms with Gasteiger partial charge in [-0.15, -0.1) is 0 Å². The van der Waals surface area contributed by atoms with Gasteiger partial charge in [0.25, 0.3) is 0 Å². The summed E-state index contributed by atoms with van der Waals surface area (Å²) < 4.78 is 5.49. The number of fused-ring (bicyclic) bond motifs is 1. The fourth-order valence-corrected chi connectivity index (χ4v) is 3.25. The average molecular weight is 337 g/mol. The molecule has 0 unspecified atom stereocenters. The predicted octanol–water partition coefficient (Wildman–Crippen LogP) is 2.09. The minimum Gasteiger partial charge on any atom is -0.496 e. The maximum absolute atomic E-state index is 11.7. The minimum atomic E-state index is -0.966. The minimum absolute atomic E-state index is 0.327. The molecule has 1 fully saturated rings. The van der Waals surface area contributed by atoms with Gasteiger partial charge in [0.2, 0.25) is 0 Å². The molecule has 1 aromatic carbocycles. The Morgan fingerprint density at radius 3 is 2.96 bits per heavy atom. The number of rotatable bonds is 2. The Labute approximate surface area is 138 Å². The number of halogens is 1. The molecule has 2 N–H and O–H groups in total. The number of carbonyl (C=O) groups is 1. The van der Waals surface area contributed by atoms with E-state index in [1.807, 2.05) is 13.0 Å². The molecule has 0 aliphatic carbocycles. The van der Waals surface area contributed by atoms with E-state index in [4.69, 9.17) is 16.3 Å². The number of aromatic nitrogens is 2. The lowest BCUT2D eigenvalue weighted by Gasteiger charge is -2.44. The molecule has 122 valence electrons. The number of methoxy groups -OCH3 is 1. The second kappa shape index (κ2) is 5.82. The first-order valence-electron chi connectivity index (χ1n) is 7.17. The largest absolute Gasteiger partial charge is 0.496 e. The van der Waals surface area contributed by atoms with Crippen LogP contribution in [0.5, 0.6) is 5.75 Å². The molecule has 1 aromatic heterocycles. The van der Waals surface area contributed by atoms with Gasteiger partial charge < -0.3 is 15.2 Å². The Morgan fingerprint density at radius 1 is 1.48 bits per heavy atom. The summed E-state index contributed by atoms with van der Waals surface area (Å²) in [6, 6.07) is 3.58. The van der Waals surface area contributed by atoms with Crippen molar-refractivity contribution in [3.05, 3.63) is 29.2 Å². The van der Waals surface area contributed by atoms with Gasteiger partial charge in [-0.1, -0.05) is 11.6 Å². The first kappa shape index (κ1) is 15.8. The molecule has 3 rings (SSSR count). The van der Waals surface area contributed by atoms with Crippen LogP contribution in [0.2, 0.25) is 5.15 Å². The van der Waals surface area contributed by atoms with E-state index in [0.29, 0.717) is 41.4 Å². The van der Waals surface area contributed by atoms with E-state index in [1.54, 1.807) is 13.2 Å². The molecule has 2 heterocycles. The van der Waals surface area contributed by atoms with Crippen molar-refractivity contribution in [2.45, 2.75) is 12.5 Å². The van der Waals surface area contributed by atoms with E-state index >= 15 is 0 Å². The van der Waals surface area contributed by atoms with Gasteiger partial charge in [0, 0.05) is 36.7 Å². The van der Waals surface area contributed by atoms with E-state index in [-0.39, 0.29) is 0 Å². The zero-order valence-corrected chi connectivity index (χ0v) is 13.6. The van der Waals surface area contributed by atoms with Crippen molar-refractivity contribution in [1.29, 1.82) is 0 Å². The second-order valence-electron chi connectivity index (χ2n) is 5.62. The SMILES string of the molecule is COc1cc2ncnc(Cl)c2cc1[C@]1(C)CNCCN1C(=O)O. The third-order valence-electron chi connectivity index (χ3n) is 4.30. The number of ether oxygens (including phenoxy) is 1. The zero-order chi connectivity index (χ0) is 16.6. The van der Waals surface area contributed by atoms with Crippen LogP contribution in [0.25, 0.3) is 10.9 Å². The number of nitrogens with one attached hydrogen (secondary N) is 1. The average Bonchev–Trinajstić information content (AvgIpc) is 2.54. The number of hydrogen-bond donors (Lipinski definition) is 2. The smallest absolute Gasteiger partial charge is 0.408 e. The van der Waals surface area contributed by atoms with Gasteiger partial charge in [-0.25, -0.2) is 14.8 Å². The number of benzene rings is 1. The quantitative estimate of drug-likeness (QED) is 0.816. The summed E-state index contributed by atoms with van der Waals surface area (Å²) in [5, 5.41) is 13.8. The van der Waals surface area contributed by atoms with Gasteiger partial charge in [-0.3, -0.25) is 4.90 Å². The van der Waals surface area contributed by atoms with Crippen LogP contribution in [0, 0.1) is 0 Å². The number of nitrogens with zero attached hydrogens (tertiary/aromatic N) is 3. The predicted molar refractivity (Wildman–Crippen MR) is 86.1 cm³/mol. The van der Waals surface area contributed by atoms with Crippen LogP contribution in [0.1, 0.15) is 12.5 Å². The number of amides is 1. The summed E-state index contributed by atoms with van der Waals surface area (Å²) in [4.78, 5) is 21.3. The van der Waals surface area contributed by atoms with Crippen LogP contribution >= 0.6 is 11.6 Å². The molecule has 8 heteroatoms. The maximum atomic E-state index is 11.7. The van der Waals surface area contributed by atoms with Crippen molar-refractivity contribution in [3.63, 3.8) is 0 Å². The van der Waals surface area contributed by atoms with Crippen LogP contribution in [0.15, 0.2) is 18.5 Å². The fraction of sp³-hybridized carbons (Fsp3) is 0.400. The molecule has 1 amide bonds. The van der Waals surface area contributed by atoms with E-state index in [9.17, 15) is 9.90 Å². The molecule has 1 aliphatic rings. The van der Waals surface area contributed by atoms with Gasteiger partial charge in [-0.2, -0.15) is 0 Å². The molecular weight excluding hydrogens is 320 g/mol. The fourth-order valence-electron chi connectivity index (χ4n) is 3.05. The monoisotopic (exact) mass is 336 g/mol. The molecular formula is C15H17ClN4O3. The first-order chi connectivity index (χ1) is 11.0. The summed E-state index contributed by atoms with van der Waals surface area (Å²) in [6.07, 6.45) is 0.420. The van der Waals surface area contributed by atoms with Crippen LogP contribution in [-0.4, -0.2) is 52.8 Å². The van der Waals surface area contributed by atoms with Crippen molar-refractivity contribution < 1.29 is 14.6 Å². The van der Waals surface area contributed by atoms with E-state index in [0.717, 1.165) is 5.56 Å². The third-order valence-corrected chi connectivity index (χ3v) is 4.60. The lowest BCUT2D eigenvalue weighted by molar-refractivity contribution is 0.0639. The second-order valence-corrected chi connectivity index (χ2v) is 5.98. The molecule has 0 radical (unpaired) electrons. The highest BCUT2D eigenvalue weighted by atomic mass is 35.5. The van der Waals surface area contributed by atoms with Crippen molar-refractivity contribution in [3.8, 4) is 5.75 Å². The topological polar surface area (TPSA) is 87.6 Å². The molecule has 0 spiro atoms. The molecule has 0 saturated carbocycles. The lowest BCUT2D eigenvalue weighted by atomic mass is 9.87. The van der Waals surface area contributed by atoms with Crippen LogP contribution in [0.4, 0.5) is 4.79 Å². The first-order valence-corrected chi connectivity index (χ1v) is 7.55. The lowest BCUT2D eigenvalue weighted by Crippen LogP contribution is -2.59. The van der Waals surface area contributed by atoms with Crippen molar-refractivity contribution in [2.75, 3.05) is 26.7 Å². The summed E-state index contributed by atoms with van der Waals surface area (Å²) in [5.41, 5.74) is 0.613. The van der Waals surface area contributed by atoms with Gasteiger partial charge in [0.1, 0.15) is 17.2 Å². The van der Waals surface area contributed by atoms with Crippen LogP contribution < -0.4 is 10.1 Å². The van der Waals surface area contributed by atoms with Crippen LogP contribution in [0.3, 0.4) is 0 Å². The molecule has 1 atom stereocenters. The highest BCUT2D eigenvalue weighted by Gasteiger charge is 2.41. The van der Waals surface area contributed by atoms with Crippen molar-refractivity contribution >= 4 is 28.6 Å². The highest BCUT2D eigenvalue weighted by molar-refractivity contribution is 6.34. The summed E-state index contributed by atoms with van der Waals surface area (Å²) in [5.74, 6) is 0.574. The Bertz CT molecular complexity index is 770. The van der Waals surface area contributed by atoms with Crippen molar-refractivity contribution in [1.82, 2.24) is 20.2 Å². The molecule has 23 heavy (non-hydrogen) atoms.